The summed E-state index contributed by atoms with van der Waals surface area (Å²) in [6, 6.07) is 33.1. The molecule has 2 heterocycles. The zero-order chi connectivity index (χ0) is 27.5. The van der Waals surface area contributed by atoms with Crippen molar-refractivity contribution in [2.24, 2.45) is 5.92 Å². The maximum atomic E-state index is 12.7. The summed E-state index contributed by atoms with van der Waals surface area (Å²) in [5.41, 5.74) is 4.86. The molecule has 3 atom stereocenters. The molecule has 41 heavy (non-hydrogen) atoms. The zero-order valence-electron chi connectivity index (χ0n) is 23.0. The van der Waals surface area contributed by atoms with Crippen molar-refractivity contribution in [2.45, 2.75) is 38.1 Å². The van der Waals surface area contributed by atoms with Crippen LogP contribution in [0.25, 0.3) is 43.2 Å². The highest BCUT2D eigenvalue weighted by Gasteiger charge is 2.38. The molecule has 0 saturated carbocycles. The minimum atomic E-state index is -0.145. The molecule has 0 saturated heterocycles. The van der Waals surface area contributed by atoms with Gasteiger partial charge in [0.1, 0.15) is 12.1 Å². The quantitative estimate of drug-likeness (QED) is 0.178. The summed E-state index contributed by atoms with van der Waals surface area (Å²) in [5.74, 6) is 1.33. The van der Waals surface area contributed by atoms with Crippen molar-refractivity contribution in [2.75, 3.05) is 0 Å². The minimum Gasteiger partial charge on any atom is -0.358 e. The average molecular weight is 534 g/mol. The van der Waals surface area contributed by atoms with Gasteiger partial charge < -0.3 is 14.3 Å². The van der Waals surface area contributed by atoms with Gasteiger partial charge in [-0.1, -0.05) is 84.9 Å². The Bertz CT molecular complexity index is 2100. The number of para-hydroxylation sites is 1. The molecule has 0 radical (unpaired) electrons. The number of aldehydes is 1. The third-order valence-corrected chi connectivity index (χ3v) is 9.41. The van der Waals surface area contributed by atoms with Gasteiger partial charge in [0.2, 0.25) is 0 Å². The lowest BCUT2D eigenvalue weighted by atomic mass is 9.71. The topological polar surface area (TPSA) is 50.7 Å². The lowest BCUT2D eigenvalue weighted by Crippen LogP contribution is -2.29. The highest BCUT2D eigenvalue weighted by Crippen LogP contribution is 2.47. The first-order valence-corrected chi connectivity index (χ1v) is 14.5. The van der Waals surface area contributed by atoms with Gasteiger partial charge in [-0.3, -0.25) is 0 Å². The number of nitrogens with one attached hydrogen (secondary N) is 1. The molecular weight excluding hydrogens is 502 g/mol. The van der Waals surface area contributed by atoms with Gasteiger partial charge in [0.05, 0.1) is 0 Å². The molecule has 0 fully saturated rings. The van der Waals surface area contributed by atoms with Gasteiger partial charge in [-0.2, -0.15) is 0 Å². The molecule has 8 rings (SSSR count). The fraction of sp³-hybridized carbons (Fsp3) is 0.189. The van der Waals surface area contributed by atoms with Crippen molar-refractivity contribution in [3.8, 4) is 0 Å². The summed E-state index contributed by atoms with van der Waals surface area (Å²) in [6.45, 7) is 2.83. The van der Waals surface area contributed by atoms with Crippen LogP contribution in [0.2, 0.25) is 0 Å². The molecule has 1 N–H and O–H groups in total. The van der Waals surface area contributed by atoms with Crippen LogP contribution in [0.4, 0.5) is 0 Å². The number of nitrogens with zero attached hydrogens (tertiary/aromatic N) is 2. The molecule has 1 aliphatic carbocycles. The standard InChI is InChI=1S/C37H31N3O/c1-23-38-16-17-40(23)21-28-20-27(37-36(34(28)22-41)32-8-4-5-9-35(32)39-37)18-24-10-11-26-13-14-30-29-7-3-2-6-25(29)12-15-31(30)33(26)19-24/h2-17,19,22,27-28,34,39H,18,20-21H2,1H3. The Morgan fingerprint density at radius 1 is 0.854 bits per heavy atom. The smallest absolute Gasteiger partial charge is 0.127 e. The van der Waals surface area contributed by atoms with Crippen molar-refractivity contribution >= 4 is 49.5 Å². The van der Waals surface area contributed by atoms with E-state index in [0.29, 0.717) is 0 Å². The summed E-state index contributed by atoms with van der Waals surface area (Å²) in [7, 11) is 0. The number of rotatable bonds is 5. The van der Waals surface area contributed by atoms with E-state index < -0.39 is 0 Å². The number of benzene rings is 5. The molecular formula is C37H31N3O. The summed E-state index contributed by atoms with van der Waals surface area (Å²) in [5, 5.41) is 8.90. The molecule has 0 aliphatic heterocycles. The van der Waals surface area contributed by atoms with Crippen molar-refractivity contribution in [1.29, 1.82) is 0 Å². The maximum absolute atomic E-state index is 12.7. The second kappa shape index (κ2) is 9.45. The van der Waals surface area contributed by atoms with Crippen LogP contribution in [0, 0.1) is 12.8 Å². The van der Waals surface area contributed by atoms with Gasteiger partial charge in [0.25, 0.3) is 0 Å². The van der Waals surface area contributed by atoms with Crippen LogP contribution in [0.1, 0.15) is 40.9 Å². The monoisotopic (exact) mass is 533 g/mol. The Hall–Kier alpha value is -4.70. The molecule has 4 nitrogen and oxygen atoms in total. The minimum absolute atomic E-state index is 0.145. The van der Waals surface area contributed by atoms with Gasteiger partial charge in [-0.05, 0) is 75.2 Å². The van der Waals surface area contributed by atoms with Crippen LogP contribution in [-0.4, -0.2) is 20.8 Å². The first kappa shape index (κ1) is 24.1. The molecule has 200 valence electrons. The predicted molar refractivity (Wildman–Crippen MR) is 168 cm³/mol. The Kier molecular flexibility index (Phi) is 5.56. The molecule has 0 spiro atoms. The number of hydrogen-bond acceptors (Lipinski definition) is 2. The second-order valence-electron chi connectivity index (χ2n) is 11.7. The van der Waals surface area contributed by atoms with E-state index in [-0.39, 0.29) is 17.8 Å². The predicted octanol–water partition coefficient (Wildman–Crippen LogP) is 8.46. The van der Waals surface area contributed by atoms with Gasteiger partial charge in [-0.25, -0.2) is 4.98 Å². The number of hydrogen-bond donors (Lipinski definition) is 1. The van der Waals surface area contributed by atoms with Crippen molar-refractivity contribution in [1.82, 2.24) is 14.5 Å². The van der Waals surface area contributed by atoms with E-state index in [0.717, 1.165) is 30.7 Å². The van der Waals surface area contributed by atoms with Crippen LogP contribution in [-0.2, 0) is 17.8 Å². The van der Waals surface area contributed by atoms with Gasteiger partial charge in [0, 0.05) is 47.4 Å². The van der Waals surface area contributed by atoms with Crippen LogP contribution in [0.3, 0.4) is 0 Å². The molecule has 4 heteroatoms. The Morgan fingerprint density at radius 2 is 1.59 bits per heavy atom. The molecule has 0 bridgehead atoms. The fourth-order valence-corrected chi connectivity index (χ4v) is 7.41. The van der Waals surface area contributed by atoms with Crippen LogP contribution < -0.4 is 0 Å². The largest absolute Gasteiger partial charge is 0.358 e. The first-order valence-electron chi connectivity index (χ1n) is 14.5. The summed E-state index contributed by atoms with van der Waals surface area (Å²) < 4.78 is 2.20. The van der Waals surface area contributed by atoms with E-state index in [1.165, 1.54) is 60.8 Å². The van der Waals surface area contributed by atoms with Gasteiger partial charge in [-0.15, -0.1) is 0 Å². The Morgan fingerprint density at radius 3 is 2.39 bits per heavy atom. The number of imidazole rings is 1. The van der Waals surface area contributed by atoms with E-state index >= 15 is 0 Å². The molecule has 2 aromatic heterocycles. The lowest BCUT2D eigenvalue weighted by Gasteiger charge is -2.34. The normalized spacial score (nSPS) is 18.8. The molecule has 3 unspecified atom stereocenters. The van der Waals surface area contributed by atoms with Crippen molar-refractivity contribution in [3.63, 3.8) is 0 Å². The summed E-state index contributed by atoms with van der Waals surface area (Å²) in [6.07, 6.45) is 6.93. The second-order valence-corrected chi connectivity index (χ2v) is 11.7. The number of aromatic amines is 1. The maximum Gasteiger partial charge on any atom is 0.127 e. The van der Waals surface area contributed by atoms with Crippen molar-refractivity contribution < 1.29 is 4.79 Å². The van der Waals surface area contributed by atoms with Crippen LogP contribution in [0.15, 0.2) is 103 Å². The average Bonchev–Trinajstić information content (AvgIpc) is 3.60. The number of aryl methyl sites for hydroxylation is 1. The SMILES string of the molecule is Cc1nccn1CC1CC(Cc2ccc3ccc4c5ccccc5ccc4c3c2)c2[nH]c3ccccc3c2C1C=O. The first-order chi connectivity index (χ1) is 20.2. The van der Waals surface area contributed by atoms with Crippen LogP contribution >= 0.6 is 0 Å². The third kappa shape index (κ3) is 3.89. The molecule has 7 aromatic rings. The number of carbonyl (C=O) groups is 1. The molecule has 1 aliphatic rings. The third-order valence-electron chi connectivity index (χ3n) is 9.41. The van der Waals surface area contributed by atoms with Gasteiger partial charge in [0.15, 0.2) is 0 Å². The number of aromatic nitrogens is 3. The number of H-pyrrole nitrogens is 1. The molecule has 0 amide bonds. The van der Waals surface area contributed by atoms with E-state index in [4.69, 9.17) is 0 Å². The van der Waals surface area contributed by atoms with E-state index in [2.05, 4.69) is 106 Å². The van der Waals surface area contributed by atoms with E-state index in [9.17, 15) is 4.79 Å². The van der Waals surface area contributed by atoms with Crippen molar-refractivity contribution in [3.05, 3.63) is 126 Å². The Labute approximate surface area is 238 Å². The van der Waals surface area contributed by atoms with Gasteiger partial charge >= 0.3 is 0 Å². The lowest BCUT2D eigenvalue weighted by molar-refractivity contribution is -0.110. The van der Waals surface area contributed by atoms with Crippen LogP contribution in [0.5, 0.6) is 0 Å². The zero-order valence-corrected chi connectivity index (χ0v) is 23.0. The van der Waals surface area contributed by atoms with E-state index in [1.807, 2.05) is 19.3 Å². The highest BCUT2D eigenvalue weighted by atomic mass is 16.1. The Balaban J connectivity index is 1.24. The number of fused-ring (bicyclic) bond motifs is 8. The van der Waals surface area contributed by atoms with E-state index in [1.54, 1.807) is 0 Å². The summed E-state index contributed by atoms with van der Waals surface area (Å²) in [4.78, 5) is 20.9. The highest BCUT2D eigenvalue weighted by molar-refractivity contribution is 6.17. The molecule has 5 aromatic carbocycles. The summed E-state index contributed by atoms with van der Waals surface area (Å²) >= 11 is 0. The number of carbonyl (C=O) groups excluding carboxylic acids is 1. The fourth-order valence-electron chi connectivity index (χ4n) is 7.41.